The first kappa shape index (κ1) is 23.5. The molecular weight excluding hydrogens is 453 g/mol. The van der Waals surface area contributed by atoms with Crippen molar-refractivity contribution in [2.45, 2.75) is 22.0 Å². The van der Waals surface area contributed by atoms with Crippen LogP contribution in [0.1, 0.15) is 17.3 Å². The Bertz CT molecular complexity index is 1230. The lowest BCUT2D eigenvalue weighted by molar-refractivity contribution is -0.115. The number of nitrogens with two attached hydrogens (primary N) is 1. The zero-order valence-electron chi connectivity index (χ0n) is 16.9. The number of nitrogens with one attached hydrogen (secondary N) is 2. The van der Waals surface area contributed by atoms with E-state index in [9.17, 15) is 22.4 Å². The van der Waals surface area contributed by atoms with Gasteiger partial charge in [0.1, 0.15) is 5.82 Å². The molecule has 0 spiro atoms. The first-order valence-electron chi connectivity index (χ1n) is 9.39. The fraction of sp³-hybridized carbons (Fsp3) is 0.0909. The third-order valence-corrected chi connectivity index (χ3v) is 6.35. The average Bonchev–Trinajstić information content (AvgIpc) is 2.74. The van der Waals surface area contributed by atoms with Crippen LogP contribution in [0.3, 0.4) is 0 Å². The number of hydrogen-bond acceptors (Lipinski definition) is 5. The Balaban J connectivity index is 1.61. The third kappa shape index (κ3) is 6.39. The van der Waals surface area contributed by atoms with Crippen molar-refractivity contribution < 1.29 is 22.4 Å². The summed E-state index contributed by atoms with van der Waals surface area (Å²) < 4.78 is 35.6. The Morgan fingerprint density at radius 2 is 1.59 bits per heavy atom. The highest BCUT2D eigenvalue weighted by Gasteiger charge is 2.16. The van der Waals surface area contributed by atoms with Gasteiger partial charge in [0.05, 0.1) is 10.1 Å². The molecular formula is C22H20FN3O4S2. The van der Waals surface area contributed by atoms with E-state index in [1.807, 2.05) is 6.07 Å². The highest BCUT2D eigenvalue weighted by Crippen LogP contribution is 2.27. The molecule has 2 amide bonds. The van der Waals surface area contributed by atoms with Crippen LogP contribution < -0.4 is 15.8 Å². The minimum absolute atomic E-state index is 0.0441. The number of thioether (sulfide) groups is 1. The zero-order valence-corrected chi connectivity index (χ0v) is 18.5. The molecule has 0 radical (unpaired) electrons. The van der Waals surface area contributed by atoms with Crippen molar-refractivity contribution in [3.05, 3.63) is 84.2 Å². The van der Waals surface area contributed by atoms with Gasteiger partial charge in [-0.3, -0.25) is 9.59 Å². The van der Waals surface area contributed by atoms with E-state index < -0.39 is 21.1 Å². The maximum atomic E-state index is 13.0. The lowest BCUT2D eigenvalue weighted by Gasteiger charge is -2.13. The molecule has 0 saturated heterocycles. The molecule has 7 nitrogen and oxygen atoms in total. The van der Waals surface area contributed by atoms with Gasteiger partial charge in [0.25, 0.3) is 5.91 Å². The van der Waals surface area contributed by atoms with Crippen LogP contribution in [0.5, 0.6) is 0 Å². The number of halogens is 1. The topological polar surface area (TPSA) is 118 Å². The number of rotatable bonds is 7. The molecule has 0 saturated carbocycles. The Kier molecular flexibility index (Phi) is 7.29. The Morgan fingerprint density at radius 1 is 0.938 bits per heavy atom. The van der Waals surface area contributed by atoms with Gasteiger partial charge in [-0.25, -0.2) is 17.9 Å². The highest BCUT2D eigenvalue weighted by atomic mass is 32.2. The molecule has 0 aliphatic rings. The van der Waals surface area contributed by atoms with Crippen LogP contribution in [0.25, 0.3) is 0 Å². The Morgan fingerprint density at radius 3 is 2.22 bits per heavy atom. The zero-order chi connectivity index (χ0) is 23.3. The van der Waals surface area contributed by atoms with Crippen molar-refractivity contribution in [1.29, 1.82) is 0 Å². The standard InChI is InChI=1S/C22H20FN3O4S2/c1-14(21(27)25-17-9-11-20(12-10-17)32(24,29)30)31-19-4-2-3-18(13-19)26-22(28)15-5-7-16(23)8-6-15/h2-14H,1H3,(H,25,27)(H,26,28)(H2,24,29,30). The first-order valence-corrected chi connectivity index (χ1v) is 11.8. The smallest absolute Gasteiger partial charge is 0.255 e. The minimum Gasteiger partial charge on any atom is -0.325 e. The second kappa shape index (κ2) is 9.94. The van der Waals surface area contributed by atoms with Gasteiger partial charge in [0.15, 0.2) is 0 Å². The molecule has 166 valence electrons. The van der Waals surface area contributed by atoms with Gasteiger partial charge in [-0.2, -0.15) is 0 Å². The van der Waals surface area contributed by atoms with Crippen LogP contribution in [0.4, 0.5) is 15.8 Å². The molecule has 0 heterocycles. The van der Waals surface area contributed by atoms with Gasteiger partial charge < -0.3 is 10.6 Å². The molecule has 0 aliphatic heterocycles. The Hall–Kier alpha value is -3.21. The van der Waals surface area contributed by atoms with Gasteiger partial charge in [0, 0.05) is 21.8 Å². The van der Waals surface area contributed by atoms with Crippen molar-refractivity contribution in [2.75, 3.05) is 10.6 Å². The number of carbonyl (C=O) groups excluding carboxylic acids is 2. The predicted molar refractivity (Wildman–Crippen MR) is 123 cm³/mol. The first-order chi connectivity index (χ1) is 15.1. The number of anilines is 2. The molecule has 3 aromatic carbocycles. The van der Waals surface area contributed by atoms with E-state index in [-0.39, 0.29) is 16.7 Å². The van der Waals surface area contributed by atoms with Crippen molar-refractivity contribution in [3.8, 4) is 0 Å². The number of amides is 2. The maximum absolute atomic E-state index is 13.0. The summed E-state index contributed by atoms with van der Waals surface area (Å²) in [5.41, 5.74) is 1.30. The van der Waals surface area contributed by atoms with Crippen molar-refractivity contribution in [2.24, 2.45) is 5.14 Å². The van der Waals surface area contributed by atoms with Crippen molar-refractivity contribution >= 4 is 45.0 Å². The van der Waals surface area contributed by atoms with Crippen LogP contribution in [0, 0.1) is 5.82 Å². The second-order valence-corrected chi connectivity index (χ2v) is 9.78. The third-order valence-electron chi connectivity index (χ3n) is 4.33. The molecule has 0 aromatic heterocycles. The van der Waals surface area contributed by atoms with Gasteiger partial charge in [-0.15, -0.1) is 11.8 Å². The van der Waals surface area contributed by atoms with Gasteiger partial charge >= 0.3 is 0 Å². The van der Waals surface area contributed by atoms with E-state index >= 15 is 0 Å². The highest BCUT2D eigenvalue weighted by molar-refractivity contribution is 8.00. The normalized spacial score (nSPS) is 12.1. The number of hydrogen-bond donors (Lipinski definition) is 3. The van der Waals surface area contributed by atoms with E-state index in [0.717, 1.165) is 4.90 Å². The molecule has 32 heavy (non-hydrogen) atoms. The summed E-state index contributed by atoms with van der Waals surface area (Å²) in [6.07, 6.45) is 0. The molecule has 0 fully saturated rings. The van der Waals surface area contributed by atoms with Crippen LogP contribution in [0.15, 0.2) is 82.6 Å². The van der Waals surface area contributed by atoms with Gasteiger partial charge in [-0.1, -0.05) is 6.07 Å². The van der Waals surface area contributed by atoms with Crippen LogP contribution in [-0.4, -0.2) is 25.5 Å². The van der Waals surface area contributed by atoms with Gasteiger partial charge in [0.2, 0.25) is 15.9 Å². The quantitative estimate of drug-likeness (QED) is 0.451. The number of primary sulfonamides is 1. The van der Waals surface area contributed by atoms with E-state index in [1.165, 1.54) is 60.3 Å². The number of sulfonamides is 1. The summed E-state index contributed by atoms with van der Waals surface area (Å²) in [4.78, 5) is 25.5. The van der Waals surface area contributed by atoms with E-state index in [2.05, 4.69) is 10.6 Å². The lowest BCUT2D eigenvalue weighted by Crippen LogP contribution is -2.22. The molecule has 4 N–H and O–H groups in total. The molecule has 0 bridgehead atoms. The maximum Gasteiger partial charge on any atom is 0.255 e. The largest absolute Gasteiger partial charge is 0.325 e. The van der Waals surface area contributed by atoms with Crippen LogP contribution >= 0.6 is 11.8 Å². The molecule has 10 heteroatoms. The summed E-state index contributed by atoms with van der Waals surface area (Å²) in [5.74, 6) is -1.08. The van der Waals surface area contributed by atoms with Crippen LogP contribution in [0.2, 0.25) is 0 Å². The van der Waals surface area contributed by atoms with Gasteiger partial charge in [-0.05, 0) is 73.7 Å². The summed E-state index contributed by atoms with van der Waals surface area (Å²) in [7, 11) is -3.80. The number of benzene rings is 3. The molecule has 1 atom stereocenters. The number of carbonyl (C=O) groups is 2. The summed E-state index contributed by atoms with van der Waals surface area (Å²) in [6.45, 7) is 1.72. The second-order valence-electron chi connectivity index (χ2n) is 6.81. The molecule has 3 rings (SSSR count). The molecule has 3 aromatic rings. The Labute approximate surface area is 189 Å². The summed E-state index contributed by atoms with van der Waals surface area (Å²) in [6, 6.07) is 17.8. The average molecular weight is 474 g/mol. The summed E-state index contributed by atoms with van der Waals surface area (Å²) >= 11 is 1.29. The fourth-order valence-electron chi connectivity index (χ4n) is 2.68. The molecule has 1 unspecified atom stereocenters. The van der Waals surface area contributed by atoms with E-state index in [4.69, 9.17) is 5.14 Å². The molecule has 0 aliphatic carbocycles. The predicted octanol–water partition coefficient (Wildman–Crippen LogP) is 3.84. The van der Waals surface area contributed by atoms with E-state index in [1.54, 1.807) is 25.1 Å². The summed E-state index contributed by atoms with van der Waals surface area (Å²) in [5, 5.41) is 10.0. The lowest BCUT2D eigenvalue weighted by atomic mass is 10.2. The van der Waals surface area contributed by atoms with Crippen molar-refractivity contribution in [3.63, 3.8) is 0 Å². The SMILES string of the molecule is CC(Sc1cccc(NC(=O)c2ccc(F)cc2)c1)C(=O)Nc1ccc(S(N)(=O)=O)cc1. The van der Waals surface area contributed by atoms with Crippen LogP contribution in [-0.2, 0) is 14.8 Å². The fourth-order valence-corrected chi connectivity index (χ4v) is 4.12. The van der Waals surface area contributed by atoms with Crippen molar-refractivity contribution in [1.82, 2.24) is 0 Å². The monoisotopic (exact) mass is 473 g/mol. The van der Waals surface area contributed by atoms with E-state index in [0.29, 0.717) is 16.9 Å². The minimum atomic E-state index is -3.80.